The first-order chi connectivity index (χ1) is 16.0. The summed E-state index contributed by atoms with van der Waals surface area (Å²) in [7, 11) is 0. The van der Waals surface area contributed by atoms with Gasteiger partial charge in [0.2, 0.25) is 5.91 Å². The molecule has 0 unspecified atom stereocenters. The van der Waals surface area contributed by atoms with Crippen molar-refractivity contribution in [1.29, 1.82) is 0 Å². The lowest BCUT2D eigenvalue weighted by Crippen LogP contribution is -2.49. The van der Waals surface area contributed by atoms with Crippen LogP contribution in [0, 0.1) is 12.7 Å². The molecular formula is C24H26FN5O3. The number of carbonyl (C=O) groups excluding carboxylic acids is 2. The molecule has 1 aliphatic heterocycles. The summed E-state index contributed by atoms with van der Waals surface area (Å²) in [4.78, 5) is 39.5. The van der Waals surface area contributed by atoms with Crippen molar-refractivity contribution >= 4 is 17.5 Å². The minimum absolute atomic E-state index is 0.0459. The number of nitrogens with zero attached hydrogens (tertiary/aromatic N) is 5. The van der Waals surface area contributed by atoms with E-state index < -0.39 is 0 Å². The highest BCUT2D eigenvalue weighted by molar-refractivity contribution is 5.92. The van der Waals surface area contributed by atoms with Crippen molar-refractivity contribution in [2.75, 3.05) is 37.6 Å². The van der Waals surface area contributed by atoms with Crippen molar-refractivity contribution in [3.8, 4) is 0 Å². The summed E-state index contributed by atoms with van der Waals surface area (Å²) in [6.07, 6.45) is 4.70. The fraction of sp³-hybridized carbons (Fsp3) is 0.333. The van der Waals surface area contributed by atoms with Gasteiger partial charge in [-0.15, -0.1) is 0 Å². The molecule has 4 rings (SSSR count). The Morgan fingerprint density at radius 3 is 2.52 bits per heavy atom. The standard InChI is InChI=1S/C24H26FN5O3/c1-18-15-27-21(16-26-18)24(32)30(17-19-5-4-14-33-19)9-8-23(31)29-12-10-28(11-13-29)22-7-3-2-6-20(22)25/h2-7,14-16H,8-13,17H2,1H3. The molecule has 0 bridgehead atoms. The van der Waals surface area contributed by atoms with Gasteiger partial charge < -0.3 is 19.1 Å². The van der Waals surface area contributed by atoms with Gasteiger partial charge in [0.05, 0.1) is 30.4 Å². The Bertz CT molecular complexity index is 1080. The Morgan fingerprint density at radius 1 is 1.06 bits per heavy atom. The van der Waals surface area contributed by atoms with E-state index in [0.717, 1.165) is 0 Å². The topological polar surface area (TPSA) is 82.8 Å². The van der Waals surface area contributed by atoms with Gasteiger partial charge in [-0.2, -0.15) is 0 Å². The summed E-state index contributed by atoms with van der Waals surface area (Å²) < 4.78 is 19.5. The van der Waals surface area contributed by atoms with Gasteiger partial charge >= 0.3 is 0 Å². The van der Waals surface area contributed by atoms with Crippen LogP contribution in [0.1, 0.15) is 28.4 Å². The molecule has 0 saturated carbocycles. The SMILES string of the molecule is Cc1cnc(C(=O)N(CCC(=O)N2CCN(c3ccccc3F)CC2)Cc2ccco2)cn1. The van der Waals surface area contributed by atoms with Crippen molar-refractivity contribution in [2.45, 2.75) is 19.9 Å². The number of para-hydroxylation sites is 1. The highest BCUT2D eigenvalue weighted by atomic mass is 19.1. The molecule has 33 heavy (non-hydrogen) atoms. The molecule has 3 aromatic rings. The number of anilines is 1. The fourth-order valence-corrected chi connectivity index (χ4v) is 3.80. The molecule has 1 fully saturated rings. The van der Waals surface area contributed by atoms with Crippen LogP contribution in [0.25, 0.3) is 0 Å². The fourth-order valence-electron chi connectivity index (χ4n) is 3.80. The molecule has 9 heteroatoms. The van der Waals surface area contributed by atoms with Crippen molar-refractivity contribution in [3.05, 3.63) is 78.0 Å². The summed E-state index contributed by atoms with van der Waals surface area (Å²) in [5.74, 6) is 0.00410. The Morgan fingerprint density at radius 2 is 1.85 bits per heavy atom. The van der Waals surface area contributed by atoms with Crippen molar-refractivity contribution < 1.29 is 18.4 Å². The van der Waals surface area contributed by atoms with E-state index in [4.69, 9.17) is 4.42 Å². The van der Waals surface area contributed by atoms with Crippen molar-refractivity contribution in [1.82, 2.24) is 19.8 Å². The second-order valence-corrected chi connectivity index (χ2v) is 7.92. The van der Waals surface area contributed by atoms with Gasteiger partial charge in [-0.05, 0) is 31.2 Å². The van der Waals surface area contributed by atoms with E-state index in [0.29, 0.717) is 43.3 Å². The minimum atomic E-state index is -0.309. The molecule has 8 nitrogen and oxygen atoms in total. The lowest BCUT2D eigenvalue weighted by Gasteiger charge is -2.36. The lowest BCUT2D eigenvalue weighted by molar-refractivity contribution is -0.131. The number of hydrogen-bond donors (Lipinski definition) is 0. The number of furan rings is 1. The third-order valence-corrected chi connectivity index (χ3v) is 5.64. The van der Waals surface area contributed by atoms with Crippen molar-refractivity contribution in [3.63, 3.8) is 0 Å². The van der Waals surface area contributed by atoms with E-state index in [-0.39, 0.29) is 42.8 Å². The maximum Gasteiger partial charge on any atom is 0.274 e. The predicted molar refractivity (Wildman–Crippen MR) is 120 cm³/mol. The third kappa shape index (κ3) is 5.54. The number of carbonyl (C=O) groups is 2. The third-order valence-electron chi connectivity index (χ3n) is 5.64. The molecule has 0 aliphatic carbocycles. The largest absolute Gasteiger partial charge is 0.467 e. The Kier molecular flexibility index (Phi) is 6.97. The number of amides is 2. The van der Waals surface area contributed by atoms with Crippen LogP contribution in [-0.2, 0) is 11.3 Å². The maximum absolute atomic E-state index is 14.1. The van der Waals surface area contributed by atoms with Crippen LogP contribution in [0.4, 0.5) is 10.1 Å². The summed E-state index contributed by atoms with van der Waals surface area (Å²) in [6, 6.07) is 10.2. The quantitative estimate of drug-likeness (QED) is 0.549. The zero-order valence-electron chi connectivity index (χ0n) is 18.5. The van der Waals surface area contributed by atoms with Crippen LogP contribution in [0.3, 0.4) is 0 Å². The van der Waals surface area contributed by atoms with Gasteiger partial charge in [-0.25, -0.2) is 9.37 Å². The lowest BCUT2D eigenvalue weighted by atomic mass is 10.2. The Balaban J connectivity index is 1.36. The van der Waals surface area contributed by atoms with E-state index in [1.807, 2.05) is 4.90 Å². The molecule has 3 heterocycles. The minimum Gasteiger partial charge on any atom is -0.467 e. The number of piperazine rings is 1. The number of aryl methyl sites for hydroxylation is 1. The Hall–Kier alpha value is -3.75. The Labute approximate surface area is 191 Å². The molecule has 2 aromatic heterocycles. The highest BCUT2D eigenvalue weighted by Gasteiger charge is 2.25. The van der Waals surface area contributed by atoms with E-state index in [1.165, 1.54) is 12.3 Å². The maximum atomic E-state index is 14.1. The van der Waals surface area contributed by atoms with Gasteiger partial charge in [0.25, 0.3) is 5.91 Å². The molecule has 0 N–H and O–H groups in total. The molecule has 0 atom stereocenters. The smallest absolute Gasteiger partial charge is 0.274 e. The van der Waals surface area contributed by atoms with Crippen LogP contribution in [0.2, 0.25) is 0 Å². The van der Waals surface area contributed by atoms with Gasteiger partial charge in [-0.1, -0.05) is 12.1 Å². The normalized spacial score (nSPS) is 13.8. The summed E-state index contributed by atoms with van der Waals surface area (Å²) >= 11 is 0. The first-order valence-electron chi connectivity index (χ1n) is 10.9. The molecule has 0 radical (unpaired) electrons. The van der Waals surface area contributed by atoms with Gasteiger partial charge in [0, 0.05) is 45.3 Å². The molecular weight excluding hydrogens is 425 g/mol. The number of hydrogen-bond acceptors (Lipinski definition) is 6. The van der Waals surface area contributed by atoms with E-state index >= 15 is 0 Å². The molecule has 1 aliphatic rings. The molecule has 2 amide bonds. The van der Waals surface area contributed by atoms with Crippen LogP contribution in [0.15, 0.2) is 59.5 Å². The second kappa shape index (κ2) is 10.2. The van der Waals surface area contributed by atoms with Crippen LogP contribution >= 0.6 is 0 Å². The summed E-state index contributed by atoms with van der Waals surface area (Å²) in [6.45, 7) is 4.37. The zero-order chi connectivity index (χ0) is 23.2. The molecule has 172 valence electrons. The zero-order valence-corrected chi connectivity index (χ0v) is 18.5. The molecule has 1 aromatic carbocycles. The van der Waals surface area contributed by atoms with Gasteiger partial charge in [0.1, 0.15) is 17.3 Å². The van der Waals surface area contributed by atoms with Crippen LogP contribution in [0.5, 0.6) is 0 Å². The number of rotatable bonds is 7. The van der Waals surface area contributed by atoms with Crippen LogP contribution < -0.4 is 4.90 Å². The number of benzene rings is 1. The molecule has 1 saturated heterocycles. The van der Waals surface area contributed by atoms with E-state index in [1.54, 1.807) is 59.5 Å². The summed E-state index contributed by atoms with van der Waals surface area (Å²) in [5, 5.41) is 0. The van der Waals surface area contributed by atoms with Gasteiger partial charge in [-0.3, -0.25) is 14.6 Å². The predicted octanol–water partition coefficient (Wildman–Crippen LogP) is 2.90. The molecule has 0 spiro atoms. The second-order valence-electron chi connectivity index (χ2n) is 7.92. The average Bonchev–Trinajstić information content (AvgIpc) is 3.35. The van der Waals surface area contributed by atoms with Crippen molar-refractivity contribution in [2.24, 2.45) is 0 Å². The number of halogens is 1. The number of aromatic nitrogens is 2. The van der Waals surface area contributed by atoms with Gasteiger partial charge in [0.15, 0.2) is 0 Å². The highest BCUT2D eigenvalue weighted by Crippen LogP contribution is 2.20. The van der Waals surface area contributed by atoms with E-state index in [2.05, 4.69) is 9.97 Å². The van der Waals surface area contributed by atoms with E-state index in [9.17, 15) is 14.0 Å². The summed E-state index contributed by atoms with van der Waals surface area (Å²) in [5.41, 5.74) is 1.49. The van der Waals surface area contributed by atoms with Crippen LogP contribution in [-0.4, -0.2) is 64.3 Å². The first-order valence-corrected chi connectivity index (χ1v) is 10.9. The average molecular weight is 452 g/mol. The monoisotopic (exact) mass is 451 g/mol. The first kappa shape index (κ1) is 22.4.